The first-order valence-corrected chi connectivity index (χ1v) is 5.02. The van der Waals surface area contributed by atoms with Crippen molar-refractivity contribution in [1.29, 1.82) is 0 Å². The second-order valence-electron chi connectivity index (χ2n) is 3.76. The minimum absolute atomic E-state index is 0.0394. The first-order chi connectivity index (χ1) is 8.79. The van der Waals surface area contributed by atoms with Crippen LogP contribution in [0.2, 0.25) is 0 Å². The number of anilines is 1. The quantitative estimate of drug-likeness (QED) is 0.460. The normalized spacial score (nSPS) is 9.84. The summed E-state index contributed by atoms with van der Waals surface area (Å²) in [5, 5.41) is 21.7. The molecule has 0 fully saturated rings. The van der Waals surface area contributed by atoms with E-state index in [1.54, 1.807) is 0 Å². The van der Waals surface area contributed by atoms with Crippen molar-refractivity contribution in [2.75, 3.05) is 26.1 Å². The average molecular weight is 269 g/mol. The minimum Gasteiger partial charge on any atom is -0.465 e. The fourth-order valence-corrected chi connectivity index (χ4v) is 1.58. The van der Waals surface area contributed by atoms with Gasteiger partial charge in [0, 0.05) is 20.2 Å². The maximum absolute atomic E-state index is 11.6. The van der Waals surface area contributed by atoms with Crippen molar-refractivity contribution >= 4 is 23.0 Å². The largest absolute Gasteiger partial charge is 0.465 e. The molecule has 0 N–H and O–H groups in total. The molecule has 1 rings (SSSR count). The molecule has 0 radical (unpaired) electrons. The molecule has 1 aromatic carbocycles. The van der Waals surface area contributed by atoms with Gasteiger partial charge >= 0.3 is 5.97 Å². The van der Waals surface area contributed by atoms with Crippen LogP contribution in [0.4, 0.5) is 17.1 Å². The van der Waals surface area contributed by atoms with E-state index in [4.69, 9.17) is 0 Å². The predicted octanol–water partition coefficient (Wildman–Crippen LogP) is 1.36. The van der Waals surface area contributed by atoms with Gasteiger partial charge in [0.2, 0.25) is 0 Å². The van der Waals surface area contributed by atoms with Crippen LogP contribution in [0.5, 0.6) is 0 Å². The molecule has 19 heavy (non-hydrogen) atoms. The first-order valence-electron chi connectivity index (χ1n) is 5.02. The number of nitrogens with zero attached hydrogens (tertiary/aromatic N) is 3. The molecule has 0 aliphatic rings. The molecule has 0 unspecified atom stereocenters. The Morgan fingerprint density at radius 1 is 1.21 bits per heavy atom. The molecule has 0 bridgehead atoms. The van der Waals surface area contributed by atoms with E-state index in [2.05, 4.69) is 4.74 Å². The fourth-order valence-electron chi connectivity index (χ4n) is 1.58. The standard InChI is InChI=1S/C10H11N3O6/c1-11(2)9-7(10(14)19-3)4-6(12(15)16)5-8(9)13(17)18/h4-5H,1-3H3. The molecule has 102 valence electrons. The zero-order valence-corrected chi connectivity index (χ0v) is 10.4. The summed E-state index contributed by atoms with van der Waals surface area (Å²) in [5.74, 6) is -0.879. The Balaban J connectivity index is 3.70. The SMILES string of the molecule is COC(=O)c1cc([N+](=O)[O-])cc([N+](=O)[O-])c1N(C)C. The van der Waals surface area contributed by atoms with Crippen LogP contribution in [-0.2, 0) is 4.74 Å². The maximum Gasteiger partial charge on any atom is 0.340 e. The number of esters is 1. The number of nitro groups is 2. The van der Waals surface area contributed by atoms with Gasteiger partial charge in [-0.05, 0) is 0 Å². The third-order valence-corrected chi connectivity index (χ3v) is 2.33. The summed E-state index contributed by atoms with van der Waals surface area (Å²) >= 11 is 0. The third kappa shape index (κ3) is 2.76. The topological polar surface area (TPSA) is 116 Å². The number of nitro benzene ring substituents is 2. The second-order valence-corrected chi connectivity index (χ2v) is 3.76. The van der Waals surface area contributed by atoms with Crippen molar-refractivity contribution in [2.24, 2.45) is 0 Å². The predicted molar refractivity (Wildman–Crippen MR) is 65.4 cm³/mol. The number of carbonyl (C=O) groups excluding carboxylic acids is 1. The van der Waals surface area contributed by atoms with Gasteiger partial charge in [-0.3, -0.25) is 20.2 Å². The second kappa shape index (κ2) is 5.29. The monoisotopic (exact) mass is 269 g/mol. The molecule has 0 aromatic heterocycles. The summed E-state index contributed by atoms with van der Waals surface area (Å²) in [6.45, 7) is 0. The highest BCUT2D eigenvalue weighted by Gasteiger charge is 2.29. The van der Waals surface area contributed by atoms with E-state index in [0.717, 1.165) is 19.2 Å². The zero-order chi connectivity index (χ0) is 14.7. The number of hydrogen-bond donors (Lipinski definition) is 0. The van der Waals surface area contributed by atoms with Gasteiger partial charge in [0.25, 0.3) is 11.4 Å². The Morgan fingerprint density at radius 3 is 2.16 bits per heavy atom. The van der Waals surface area contributed by atoms with Gasteiger partial charge in [-0.15, -0.1) is 0 Å². The first kappa shape index (κ1) is 14.4. The summed E-state index contributed by atoms with van der Waals surface area (Å²) in [4.78, 5) is 33.0. The molecule has 0 spiro atoms. The van der Waals surface area contributed by atoms with Crippen LogP contribution in [0.25, 0.3) is 0 Å². The van der Waals surface area contributed by atoms with Gasteiger partial charge in [0.05, 0.1) is 28.6 Å². The molecule has 0 saturated carbocycles. The number of rotatable bonds is 4. The van der Waals surface area contributed by atoms with Crippen LogP contribution < -0.4 is 4.90 Å². The third-order valence-electron chi connectivity index (χ3n) is 2.33. The molecule has 9 heteroatoms. The molecular formula is C10H11N3O6. The molecule has 1 aromatic rings. The van der Waals surface area contributed by atoms with Gasteiger partial charge in [0.15, 0.2) is 0 Å². The molecule has 0 atom stereocenters. The van der Waals surface area contributed by atoms with Crippen LogP contribution in [-0.4, -0.2) is 37.0 Å². The van der Waals surface area contributed by atoms with Crippen LogP contribution in [0.3, 0.4) is 0 Å². The van der Waals surface area contributed by atoms with Crippen LogP contribution in [0.1, 0.15) is 10.4 Å². The Morgan fingerprint density at radius 2 is 1.79 bits per heavy atom. The number of ether oxygens (including phenoxy) is 1. The Kier molecular flexibility index (Phi) is 4.00. The van der Waals surface area contributed by atoms with E-state index in [1.165, 1.54) is 19.0 Å². The lowest BCUT2D eigenvalue weighted by Gasteiger charge is -2.15. The van der Waals surface area contributed by atoms with E-state index >= 15 is 0 Å². The molecule has 0 saturated heterocycles. The lowest BCUT2D eigenvalue weighted by Crippen LogP contribution is -2.17. The number of hydrogen-bond acceptors (Lipinski definition) is 7. The number of benzene rings is 1. The molecule has 0 amide bonds. The van der Waals surface area contributed by atoms with Crippen molar-refractivity contribution in [3.8, 4) is 0 Å². The van der Waals surface area contributed by atoms with Gasteiger partial charge in [-0.2, -0.15) is 0 Å². The molecule has 0 aliphatic heterocycles. The average Bonchev–Trinajstić information content (AvgIpc) is 2.35. The lowest BCUT2D eigenvalue weighted by atomic mass is 10.1. The smallest absolute Gasteiger partial charge is 0.340 e. The molecule has 0 heterocycles. The van der Waals surface area contributed by atoms with E-state index in [0.29, 0.717) is 0 Å². The maximum atomic E-state index is 11.6. The summed E-state index contributed by atoms with van der Waals surface area (Å²) in [6, 6.07) is 1.76. The van der Waals surface area contributed by atoms with Gasteiger partial charge in [0.1, 0.15) is 5.69 Å². The van der Waals surface area contributed by atoms with Gasteiger partial charge in [-0.1, -0.05) is 0 Å². The highest BCUT2D eigenvalue weighted by Crippen LogP contribution is 2.35. The van der Waals surface area contributed by atoms with E-state index in [1.807, 2.05) is 0 Å². The van der Waals surface area contributed by atoms with E-state index in [-0.39, 0.29) is 11.3 Å². The van der Waals surface area contributed by atoms with Crippen LogP contribution in [0, 0.1) is 20.2 Å². The Labute approximate surface area is 107 Å². The van der Waals surface area contributed by atoms with Crippen molar-refractivity contribution in [3.63, 3.8) is 0 Å². The summed E-state index contributed by atoms with van der Waals surface area (Å²) in [6.07, 6.45) is 0. The van der Waals surface area contributed by atoms with Crippen molar-refractivity contribution in [2.45, 2.75) is 0 Å². The highest BCUT2D eigenvalue weighted by atomic mass is 16.6. The summed E-state index contributed by atoms with van der Waals surface area (Å²) in [7, 11) is 4.06. The van der Waals surface area contributed by atoms with E-state index in [9.17, 15) is 25.0 Å². The number of carbonyl (C=O) groups is 1. The van der Waals surface area contributed by atoms with Crippen molar-refractivity contribution < 1.29 is 19.4 Å². The van der Waals surface area contributed by atoms with Crippen LogP contribution in [0.15, 0.2) is 12.1 Å². The lowest BCUT2D eigenvalue weighted by molar-refractivity contribution is -0.393. The number of non-ortho nitro benzene ring substituents is 1. The molecule has 9 nitrogen and oxygen atoms in total. The van der Waals surface area contributed by atoms with E-state index < -0.39 is 27.2 Å². The summed E-state index contributed by atoms with van der Waals surface area (Å²) < 4.78 is 4.49. The molecular weight excluding hydrogens is 258 g/mol. The van der Waals surface area contributed by atoms with Crippen molar-refractivity contribution in [3.05, 3.63) is 37.9 Å². The minimum atomic E-state index is -0.879. The van der Waals surface area contributed by atoms with Gasteiger partial charge < -0.3 is 9.64 Å². The highest BCUT2D eigenvalue weighted by molar-refractivity contribution is 5.99. The zero-order valence-electron chi connectivity index (χ0n) is 10.4. The van der Waals surface area contributed by atoms with Crippen LogP contribution >= 0.6 is 0 Å². The fraction of sp³-hybridized carbons (Fsp3) is 0.300. The number of methoxy groups -OCH3 is 1. The Bertz CT molecular complexity index is 554. The molecule has 0 aliphatic carbocycles. The van der Waals surface area contributed by atoms with Crippen molar-refractivity contribution in [1.82, 2.24) is 0 Å². The van der Waals surface area contributed by atoms with Gasteiger partial charge in [-0.25, -0.2) is 4.79 Å². The Hall–Kier alpha value is -2.71. The summed E-state index contributed by atoms with van der Waals surface area (Å²) in [5.41, 5.74) is -1.34.